The summed E-state index contributed by atoms with van der Waals surface area (Å²) in [6.45, 7) is 13.7. The summed E-state index contributed by atoms with van der Waals surface area (Å²) >= 11 is 0. The van der Waals surface area contributed by atoms with Crippen LogP contribution in [0.15, 0.2) is 18.2 Å². The second-order valence-corrected chi connectivity index (χ2v) is 5.80. The first-order valence-corrected chi connectivity index (χ1v) is 7.69. The highest BCUT2D eigenvalue weighted by Gasteiger charge is 2.10. The zero-order valence-corrected chi connectivity index (χ0v) is 14.0. The van der Waals surface area contributed by atoms with E-state index in [1.54, 1.807) is 0 Å². The van der Waals surface area contributed by atoms with Crippen molar-refractivity contribution in [2.24, 2.45) is 0 Å². The van der Waals surface area contributed by atoms with Crippen LogP contribution in [0.2, 0.25) is 0 Å². The summed E-state index contributed by atoms with van der Waals surface area (Å²) in [4.78, 5) is 0. The van der Waals surface area contributed by atoms with Gasteiger partial charge in [0.2, 0.25) is 0 Å². The van der Waals surface area contributed by atoms with Gasteiger partial charge in [-0.3, -0.25) is 0 Å². The van der Waals surface area contributed by atoms with Crippen molar-refractivity contribution in [1.29, 1.82) is 0 Å². The molecule has 21 heavy (non-hydrogen) atoms. The van der Waals surface area contributed by atoms with E-state index >= 15 is 0 Å². The van der Waals surface area contributed by atoms with Gasteiger partial charge in [0.25, 0.3) is 0 Å². The van der Waals surface area contributed by atoms with Gasteiger partial charge < -0.3 is 19.5 Å². The zero-order chi connectivity index (χ0) is 15.7. The van der Waals surface area contributed by atoms with Crippen LogP contribution in [0.1, 0.15) is 40.2 Å². The van der Waals surface area contributed by atoms with Gasteiger partial charge in [-0.2, -0.15) is 0 Å². The molecule has 1 aromatic carbocycles. The van der Waals surface area contributed by atoms with E-state index in [-0.39, 0.29) is 5.60 Å². The maximum absolute atomic E-state index is 5.77. The largest absolute Gasteiger partial charge is 0.490 e. The van der Waals surface area contributed by atoms with Crippen LogP contribution >= 0.6 is 0 Å². The zero-order valence-electron chi connectivity index (χ0n) is 14.0. The molecule has 0 unspecified atom stereocenters. The molecular weight excluding hydrogens is 266 g/mol. The highest BCUT2D eigenvalue weighted by atomic mass is 16.5. The molecule has 0 fully saturated rings. The molecule has 4 nitrogen and oxygen atoms in total. The second-order valence-electron chi connectivity index (χ2n) is 5.80. The molecule has 0 atom stereocenters. The Kier molecular flexibility index (Phi) is 7.54. The molecular formula is C17H29NO3. The SMILES string of the molecule is CCNCc1ccc(OCCOC(C)(C)C)c(OCC)c1. The van der Waals surface area contributed by atoms with Crippen LogP contribution in [0.25, 0.3) is 0 Å². The minimum Gasteiger partial charge on any atom is -0.490 e. The van der Waals surface area contributed by atoms with Crippen molar-refractivity contribution < 1.29 is 14.2 Å². The molecule has 0 amide bonds. The molecule has 0 radical (unpaired) electrons. The summed E-state index contributed by atoms with van der Waals surface area (Å²) in [5, 5.41) is 3.31. The Morgan fingerprint density at radius 3 is 2.38 bits per heavy atom. The lowest BCUT2D eigenvalue weighted by molar-refractivity contribution is -0.0165. The predicted molar refractivity (Wildman–Crippen MR) is 86.2 cm³/mol. The van der Waals surface area contributed by atoms with Crippen LogP contribution in [-0.2, 0) is 11.3 Å². The molecule has 0 saturated heterocycles. The summed E-state index contributed by atoms with van der Waals surface area (Å²) < 4.78 is 17.1. The first kappa shape index (κ1) is 17.8. The molecule has 0 aliphatic rings. The molecule has 0 saturated carbocycles. The van der Waals surface area contributed by atoms with Crippen LogP contribution in [0, 0.1) is 0 Å². The van der Waals surface area contributed by atoms with E-state index in [0.717, 1.165) is 24.6 Å². The molecule has 0 bridgehead atoms. The maximum Gasteiger partial charge on any atom is 0.161 e. The molecule has 0 heterocycles. The number of nitrogens with one attached hydrogen (secondary N) is 1. The van der Waals surface area contributed by atoms with E-state index in [0.29, 0.717) is 19.8 Å². The van der Waals surface area contributed by atoms with Crippen LogP contribution in [0.4, 0.5) is 0 Å². The van der Waals surface area contributed by atoms with Crippen LogP contribution in [0.5, 0.6) is 11.5 Å². The molecule has 0 aromatic heterocycles. The van der Waals surface area contributed by atoms with Crippen LogP contribution < -0.4 is 14.8 Å². The second kappa shape index (κ2) is 8.90. The summed E-state index contributed by atoms with van der Waals surface area (Å²) in [6, 6.07) is 6.06. The Labute approximate surface area is 128 Å². The van der Waals surface area contributed by atoms with Crippen molar-refractivity contribution in [3.63, 3.8) is 0 Å². The standard InChI is InChI=1S/C17H29NO3/c1-6-18-13-14-8-9-15(16(12-14)19-7-2)20-10-11-21-17(3,4)5/h8-9,12,18H,6-7,10-11,13H2,1-5H3. The number of benzene rings is 1. The molecule has 0 aliphatic carbocycles. The van der Waals surface area contributed by atoms with Gasteiger partial charge in [-0.05, 0) is 51.9 Å². The topological polar surface area (TPSA) is 39.7 Å². The van der Waals surface area contributed by atoms with Crippen molar-refractivity contribution in [1.82, 2.24) is 5.32 Å². The fourth-order valence-corrected chi connectivity index (χ4v) is 1.82. The van der Waals surface area contributed by atoms with E-state index in [1.807, 2.05) is 39.8 Å². The molecule has 120 valence electrons. The number of hydrogen-bond acceptors (Lipinski definition) is 4. The third kappa shape index (κ3) is 7.34. The molecule has 0 aliphatic heterocycles. The molecule has 4 heteroatoms. The highest BCUT2D eigenvalue weighted by Crippen LogP contribution is 2.28. The van der Waals surface area contributed by atoms with Gasteiger partial charge in [0.15, 0.2) is 11.5 Å². The van der Waals surface area contributed by atoms with Gasteiger partial charge >= 0.3 is 0 Å². The summed E-state index contributed by atoms with van der Waals surface area (Å²) in [7, 11) is 0. The highest BCUT2D eigenvalue weighted by molar-refractivity contribution is 5.43. The number of rotatable bonds is 9. The quantitative estimate of drug-likeness (QED) is 0.709. The van der Waals surface area contributed by atoms with Gasteiger partial charge in [-0.1, -0.05) is 13.0 Å². The first-order valence-electron chi connectivity index (χ1n) is 7.69. The van der Waals surface area contributed by atoms with Gasteiger partial charge in [-0.15, -0.1) is 0 Å². The lowest BCUT2D eigenvalue weighted by Gasteiger charge is -2.20. The number of hydrogen-bond donors (Lipinski definition) is 1. The molecule has 0 spiro atoms. The van der Waals surface area contributed by atoms with E-state index < -0.39 is 0 Å². The summed E-state index contributed by atoms with van der Waals surface area (Å²) in [6.07, 6.45) is 0. The van der Waals surface area contributed by atoms with E-state index in [9.17, 15) is 0 Å². The fourth-order valence-electron chi connectivity index (χ4n) is 1.82. The average Bonchev–Trinajstić information content (AvgIpc) is 2.42. The maximum atomic E-state index is 5.77. The fraction of sp³-hybridized carbons (Fsp3) is 0.647. The van der Waals surface area contributed by atoms with Crippen molar-refractivity contribution >= 4 is 0 Å². The lowest BCUT2D eigenvalue weighted by atomic mass is 10.2. The molecule has 1 N–H and O–H groups in total. The first-order chi connectivity index (χ1) is 9.96. The Bertz CT molecular complexity index is 413. The Morgan fingerprint density at radius 1 is 1.00 bits per heavy atom. The van der Waals surface area contributed by atoms with Crippen molar-refractivity contribution in [3.05, 3.63) is 23.8 Å². The normalized spacial score (nSPS) is 11.5. The molecule has 1 rings (SSSR count). The van der Waals surface area contributed by atoms with Crippen molar-refractivity contribution in [2.75, 3.05) is 26.4 Å². The van der Waals surface area contributed by atoms with Gasteiger partial charge in [0.05, 0.1) is 18.8 Å². The van der Waals surface area contributed by atoms with E-state index in [1.165, 1.54) is 5.56 Å². The van der Waals surface area contributed by atoms with Crippen LogP contribution in [0.3, 0.4) is 0 Å². The van der Waals surface area contributed by atoms with Gasteiger partial charge in [-0.25, -0.2) is 0 Å². The van der Waals surface area contributed by atoms with Gasteiger partial charge in [0, 0.05) is 6.54 Å². The summed E-state index contributed by atoms with van der Waals surface area (Å²) in [5.41, 5.74) is 1.06. The van der Waals surface area contributed by atoms with E-state index in [4.69, 9.17) is 14.2 Å². The Morgan fingerprint density at radius 2 is 1.76 bits per heavy atom. The third-order valence-corrected chi connectivity index (χ3v) is 2.76. The summed E-state index contributed by atoms with van der Waals surface area (Å²) in [5.74, 6) is 1.57. The van der Waals surface area contributed by atoms with Crippen LogP contribution in [-0.4, -0.2) is 32.0 Å². The smallest absolute Gasteiger partial charge is 0.161 e. The lowest BCUT2D eigenvalue weighted by Crippen LogP contribution is -2.22. The third-order valence-electron chi connectivity index (χ3n) is 2.76. The average molecular weight is 295 g/mol. The Hall–Kier alpha value is -1.26. The van der Waals surface area contributed by atoms with Crippen molar-refractivity contribution in [2.45, 2.75) is 46.8 Å². The Balaban J connectivity index is 2.59. The predicted octanol–water partition coefficient (Wildman–Crippen LogP) is 3.39. The minimum absolute atomic E-state index is 0.137. The van der Waals surface area contributed by atoms with Crippen molar-refractivity contribution in [3.8, 4) is 11.5 Å². The van der Waals surface area contributed by atoms with E-state index in [2.05, 4.69) is 18.3 Å². The monoisotopic (exact) mass is 295 g/mol. The minimum atomic E-state index is -0.137. The number of ether oxygens (including phenoxy) is 3. The molecule has 1 aromatic rings. The van der Waals surface area contributed by atoms with Gasteiger partial charge in [0.1, 0.15) is 6.61 Å².